The van der Waals surface area contributed by atoms with E-state index in [0.717, 1.165) is 12.8 Å². The SMILES string of the molecule is c1ccc(C23CCCC2(c2ccccc2)[18O]3)cc1. The highest BCUT2D eigenvalue weighted by molar-refractivity contribution is 5.43. The predicted octanol–water partition coefficient (Wildman–Crippen LogP) is 3.99. The van der Waals surface area contributed by atoms with Crippen molar-refractivity contribution in [3.05, 3.63) is 71.8 Å². The van der Waals surface area contributed by atoms with Gasteiger partial charge < -0.3 is 4.74 Å². The summed E-state index contributed by atoms with van der Waals surface area (Å²) in [7, 11) is 0. The van der Waals surface area contributed by atoms with E-state index in [1.165, 1.54) is 17.5 Å². The standard InChI is InChI=1S/C17H16O/c1-3-8-14(9-4-1)16-12-7-13-17(16,18-16)15-10-5-2-6-11-15/h1-6,8-11H,7,12-13H2/i18+2. The van der Waals surface area contributed by atoms with Gasteiger partial charge in [-0.15, -0.1) is 0 Å². The Hall–Kier alpha value is -1.60. The van der Waals surface area contributed by atoms with Gasteiger partial charge in [0, 0.05) is 0 Å². The molecular weight excluding hydrogens is 222 g/mol. The summed E-state index contributed by atoms with van der Waals surface area (Å²) in [6.45, 7) is 0. The van der Waals surface area contributed by atoms with Crippen LogP contribution in [0.2, 0.25) is 0 Å². The van der Waals surface area contributed by atoms with Gasteiger partial charge in [-0.2, -0.15) is 0 Å². The molecule has 2 atom stereocenters. The molecule has 4 rings (SSSR count). The number of benzene rings is 2. The van der Waals surface area contributed by atoms with E-state index < -0.39 is 0 Å². The van der Waals surface area contributed by atoms with Gasteiger partial charge in [-0.25, -0.2) is 0 Å². The lowest BCUT2D eigenvalue weighted by atomic mass is 9.84. The average Bonchev–Trinajstić information content (AvgIpc) is 2.99. The van der Waals surface area contributed by atoms with Gasteiger partial charge in [0.05, 0.1) is 0 Å². The zero-order valence-electron chi connectivity index (χ0n) is 10.3. The van der Waals surface area contributed by atoms with Crippen LogP contribution in [-0.4, -0.2) is 0 Å². The third kappa shape index (κ3) is 1.15. The molecule has 1 heterocycles. The van der Waals surface area contributed by atoms with Gasteiger partial charge >= 0.3 is 0 Å². The molecule has 2 aromatic rings. The number of epoxide rings is 1. The minimum absolute atomic E-state index is 0.0460. The van der Waals surface area contributed by atoms with Crippen LogP contribution in [0.15, 0.2) is 60.7 Å². The Morgan fingerprint density at radius 2 is 1.11 bits per heavy atom. The molecule has 0 bridgehead atoms. The number of ether oxygens (including phenoxy) is 1. The van der Waals surface area contributed by atoms with E-state index in [4.69, 9.17) is 4.74 Å². The second-order valence-corrected chi connectivity index (χ2v) is 5.34. The van der Waals surface area contributed by atoms with Crippen molar-refractivity contribution in [2.45, 2.75) is 30.5 Å². The van der Waals surface area contributed by atoms with E-state index in [0.29, 0.717) is 0 Å². The third-order valence-corrected chi connectivity index (χ3v) is 4.50. The summed E-state index contributed by atoms with van der Waals surface area (Å²) in [4.78, 5) is 0. The summed E-state index contributed by atoms with van der Waals surface area (Å²) in [5.41, 5.74) is 2.59. The molecule has 90 valence electrons. The van der Waals surface area contributed by atoms with Crippen LogP contribution >= 0.6 is 0 Å². The van der Waals surface area contributed by atoms with Crippen molar-refractivity contribution < 1.29 is 4.74 Å². The molecule has 1 aliphatic carbocycles. The summed E-state index contributed by atoms with van der Waals surface area (Å²) in [6, 6.07) is 21.4. The maximum absolute atomic E-state index is 6.30. The maximum Gasteiger partial charge on any atom is 0.128 e. The molecule has 2 aliphatic rings. The minimum atomic E-state index is -0.0460. The summed E-state index contributed by atoms with van der Waals surface area (Å²) in [5, 5.41) is 0. The van der Waals surface area contributed by atoms with Gasteiger partial charge in [-0.05, 0) is 30.4 Å². The van der Waals surface area contributed by atoms with Crippen LogP contribution in [0.3, 0.4) is 0 Å². The molecule has 0 spiro atoms. The molecule has 18 heavy (non-hydrogen) atoms. The summed E-state index contributed by atoms with van der Waals surface area (Å²) in [6.07, 6.45) is 3.54. The van der Waals surface area contributed by atoms with E-state index in [2.05, 4.69) is 60.7 Å². The second-order valence-electron chi connectivity index (χ2n) is 5.34. The van der Waals surface area contributed by atoms with Crippen molar-refractivity contribution in [1.82, 2.24) is 0 Å². The number of hydrogen-bond donors (Lipinski definition) is 0. The Morgan fingerprint density at radius 3 is 1.56 bits per heavy atom. The van der Waals surface area contributed by atoms with Gasteiger partial charge in [-0.3, -0.25) is 0 Å². The third-order valence-electron chi connectivity index (χ3n) is 4.50. The predicted molar refractivity (Wildman–Crippen MR) is 71.2 cm³/mol. The molecule has 1 saturated heterocycles. The van der Waals surface area contributed by atoms with E-state index >= 15 is 0 Å². The van der Waals surface area contributed by atoms with Gasteiger partial charge in [0.1, 0.15) is 11.2 Å². The van der Waals surface area contributed by atoms with E-state index in [9.17, 15) is 0 Å². The summed E-state index contributed by atoms with van der Waals surface area (Å²) in [5.74, 6) is 0. The van der Waals surface area contributed by atoms with Crippen LogP contribution in [0.25, 0.3) is 0 Å². The Labute approximate surface area is 107 Å². The first-order valence-electron chi connectivity index (χ1n) is 6.69. The molecule has 1 heteroatoms. The van der Waals surface area contributed by atoms with Crippen molar-refractivity contribution in [1.29, 1.82) is 0 Å². The number of hydrogen-bond acceptors (Lipinski definition) is 1. The zero-order chi connectivity index (χ0) is 12.1. The highest BCUT2D eigenvalue weighted by atomic mass is 18.4. The van der Waals surface area contributed by atoms with Crippen LogP contribution in [-0.2, 0) is 15.9 Å². The lowest BCUT2D eigenvalue weighted by Gasteiger charge is -2.13. The first-order chi connectivity index (χ1) is 8.87. The number of rotatable bonds is 2. The minimum Gasteiger partial charge on any atom is -0.352 e. The molecule has 0 radical (unpaired) electrons. The molecule has 2 unspecified atom stereocenters. The van der Waals surface area contributed by atoms with Crippen LogP contribution in [0.5, 0.6) is 0 Å². The smallest absolute Gasteiger partial charge is 0.128 e. The largest absolute Gasteiger partial charge is 0.352 e. The van der Waals surface area contributed by atoms with Crippen molar-refractivity contribution in [2.75, 3.05) is 0 Å². The highest BCUT2D eigenvalue weighted by Gasteiger charge is 2.73. The molecule has 0 amide bonds. The highest BCUT2D eigenvalue weighted by Crippen LogP contribution is 2.71. The van der Waals surface area contributed by atoms with E-state index in [1.807, 2.05) is 0 Å². The molecule has 0 aromatic heterocycles. The summed E-state index contributed by atoms with van der Waals surface area (Å²) < 4.78 is 6.30. The maximum atomic E-state index is 6.30. The molecular formula is C17H16O. The van der Waals surface area contributed by atoms with Crippen LogP contribution in [0.4, 0.5) is 0 Å². The van der Waals surface area contributed by atoms with Gasteiger partial charge in [-0.1, -0.05) is 60.7 Å². The van der Waals surface area contributed by atoms with Crippen molar-refractivity contribution in [2.24, 2.45) is 0 Å². The first kappa shape index (κ1) is 10.3. The summed E-state index contributed by atoms with van der Waals surface area (Å²) >= 11 is 0. The molecule has 1 nitrogen and oxygen atoms in total. The Bertz CT molecular complexity index is 511. The topological polar surface area (TPSA) is 12.5 Å². The molecule has 0 N–H and O–H groups in total. The first-order valence-corrected chi connectivity index (χ1v) is 6.69. The fourth-order valence-electron chi connectivity index (χ4n) is 3.65. The van der Waals surface area contributed by atoms with Crippen LogP contribution < -0.4 is 0 Å². The fourth-order valence-corrected chi connectivity index (χ4v) is 3.65. The normalized spacial score (nSPS) is 33.1. The van der Waals surface area contributed by atoms with Gasteiger partial charge in [0.2, 0.25) is 0 Å². The van der Waals surface area contributed by atoms with Crippen LogP contribution in [0, 0.1) is 0 Å². The average molecular weight is 238 g/mol. The molecule has 1 saturated carbocycles. The lowest BCUT2D eigenvalue weighted by molar-refractivity contribution is 0.216. The van der Waals surface area contributed by atoms with E-state index in [-0.39, 0.29) is 11.2 Å². The number of fused-ring (bicyclic) bond motifs is 1. The second kappa shape index (κ2) is 3.46. The van der Waals surface area contributed by atoms with Crippen LogP contribution in [0.1, 0.15) is 30.4 Å². The Morgan fingerprint density at radius 1 is 0.667 bits per heavy atom. The Balaban J connectivity index is 1.81. The molecule has 2 fully saturated rings. The Kier molecular flexibility index (Phi) is 1.98. The monoisotopic (exact) mass is 238 g/mol. The molecule has 1 aliphatic heterocycles. The zero-order valence-corrected chi connectivity index (χ0v) is 10.3. The molecule has 2 aromatic carbocycles. The fraction of sp³-hybridized carbons (Fsp3) is 0.294. The van der Waals surface area contributed by atoms with Gasteiger partial charge in [0.25, 0.3) is 0 Å². The lowest BCUT2D eigenvalue weighted by Crippen LogP contribution is -2.15. The quantitative estimate of drug-likeness (QED) is 0.569. The van der Waals surface area contributed by atoms with Crippen molar-refractivity contribution >= 4 is 0 Å². The van der Waals surface area contributed by atoms with Crippen molar-refractivity contribution in [3.63, 3.8) is 0 Å². The van der Waals surface area contributed by atoms with Crippen molar-refractivity contribution in [3.8, 4) is 0 Å². The van der Waals surface area contributed by atoms with Gasteiger partial charge in [0.15, 0.2) is 0 Å². The van der Waals surface area contributed by atoms with E-state index in [1.54, 1.807) is 0 Å².